The molecule has 8 rings (SSSR count). The third-order valence-electron chi connectivity index (χ3n) is 11.6. The Balaban J connectivity index is 0.832. The first-order valence-corrected chi connectivity index (χ1v) is 19.8. The van der Waals surface area contributed by atoms with Crippen molar-refractivity contribution in [3.05, 3.63) is 82.4 Å². The predicted molar refractivity (Wildman–Crippen MR) is 205 cm³/mol. The molecule has 0 radical (unpaired) electrons. The molecule has 3 atom stereocenters. The molecule has 12 nitrogen and oxygen atoms in total. The Hall–Kier alpha value is -5.04. The zero-order valence-electron chi connectivity index (χ0n) is 31.4. The van der Waals surface area contributed by atoms with Gasteiger partial charge in [0.25, 0.3) is 17.4 Å². The summed E-state index contributed by atoms with van der Waals surface area (Å²) < 4.78 is 28.7. The van der Waals surface area contributed by atoms with Crippen molar-refractivity contribution < 1.29 is 28.2 Å². The monoisotopic (exact) mass is 752 g/mol. The van der Waals surface area contributed by atoms with E-state index < -0.39 is 18.3 Å². The van der Waals surface area contributed by atoms with E-state index in [1.54, 1.807) is 36.7 Å². The molecule has 2 saturated heterocycles. The lowest BCUT2D eigenvalue weighted by Gasteiger charge is -2.37. The van der Waals surface area contributed by atoms with E-state index >= 15 is 0 Å². The van der Waals surface area contributed by atoms with Gasteiger partial charge in [0, 0.05) is 55.7 Å². The second-order valence-electron chi connectivity index (χ2n) is 16.0. The number of nitrogens with one attached hydrogen (secondary N) is 2. The number of benzene rings is 2. The molecular formula is C42H49FN6O6. The van der Waals surface area contributed by atoms with Crippen molar-refractivity contribution >= 4 is 28.6 Å². The van der Waals surface area contributed by atoms with Gasteiger partial charge in [0.2, 0.25) is 5.91 Å². The highest BCUT2D eigenvalue weighted by atomic mass is 19.1. The lowest BCUT2D eigenvalue weighted by molar-refractivity contribution is -0.138. The van der Waals surface area contributed by atoms with Crippen LogP contribution in [0.2, 0.25) is 0 Å². The van der Waals surface area contributed by atoms with Crippen LogP contribution in [-0.2, 0) is 9.59 Å². The molecule has 2 aliphatic heterocycles. The van der Waals surface area contributed by atoms with Crippen LogP contribution in [0.3, 0.4) is 0 Å². The molecule has 2 N–H and O–H groups in total. The molecule has 1 unspecified atom stereocenters. The lowest BCUT2D eigenvalue weighted by atomic mass is 9.84. The number of ether oxygens (including phenoxy) is 2. The third kappa shape index (κ3) is 8.31. The quantitative estimate of drug-likeness (QED) is 0.189. The van der Waals surface area contributed by atoms with Crippen LogP contribution in [0.4, 0.5) is 4.39 Å². The van der Waals surface area contributed by atoms with Gasteiger partial charge in [0.1, 0.15) is 23.4 Å². The summed E-state index contributed by atoms with van der Waals surface area (Å²) in [5.41, 5.74) is 2.33. The Kier molecular flexibility index (Phi) is 10.5. The van der Waals surface area contributed by atoms with Crippen LogP contribution < -0.4 is 25.7 Å². The molecule has 13 heteroatoms. The Morgan fingerprint density at radius 1 is 1.00 bits per heavy atom. The molecule has 2 aromatic carbocycles. The van der Waals surface area contributed by atoms with Crippen molar-refractivity contribution in [1.29, 1.82) is 0 Å². The number of piperidine rings is 2. The molecule has 55 heavy (non-hydrogen) atoms. The minimum Gasteiger partial charge on any atom is -0.490 e. The van der Waals surface area contributed by atoms with Crippen molar-refractivity contribution in [2.75, 3.05) is 19.6 Å². The zero-order chi connectivity index (χ0) is 38.2. The smallest absolute Gasteiger partial charge is 0.276 e. The zero-order valence-corrected chi connectivity index (χ0v) is 31.4. The summed E-state index contributed by atoms with van der Waals surface area (Å²) in [6.07, 6.45) is 8.71. The highest BCUT2D eigenvalue weighted by Crippen LogP contribution is 2.38. The van der Waals surface area contributed by atoms with E-state index in [1.807, 2.05) is 26.0 Å². The number of hydrogen-bond acceptors (Lipinski definition) is 8. The minimum atomic E-state index is -1.00. The molecule has 4 aromatic rings. The first-order chi connectivity index (χ1) is 26.6. The number of rotatable bonds is 11. The van der Waals surface area contributed by atoms with E-state index in [2.05, 4.69) is 32.8 Å². The van der Waals surface area contributed by atoms with Gasteiger partial charge in [-0.1, -0.05) is 12.1 Å². The van der Waals surface area contributed by atoms with Crippen LogP contribution >= 0.6 is 0 Å². The second kappa shape index (κ2) is 15.6. The lowest BCUT2D eigenvalue weighted by Crippen LogP contribution is -2.46. The molecule has 0 bridgehead atoms. The maximum Gasteiger partial charge on any atom is 0.276 e. The largest absolute Gasteiger partial charge is 0.490 e. The number of carbonyl (C=O) groups excluding carboxylic acids is 3. The van der Waals surface area contributed by atoms with E-state index in [9.17, 15) is 23.6 Å². The molecule has 4 heterocycles. The molecule has 3 amide bonds. The van der Waals surface area contributed by atoms with Crippen molar-refractivity contribution in [3.63, 3.8) is 0 Å². The number of hydrogen-bond donors (Lipinski definition) is 2. The maximum absolute atomic E-state index is 13.8. The van der Waals surface area contributed by atoms with Gasteiger partial charge < -0.3 is 24.3 Å². The number of imide groups is 1. The molecule has 4 aliphatic rings. The number of fused-ring (bicyclic) bond motifs is 1. The van der Waals surface area contributed by atoms with E-state index in [0.717, 1.165) is 58.2 Å². The fourth-order valence-corrected chi connectivity index (χ4v) is 8.41. The molecule has 2 aromatic heterocycles. The van der Waals surface area contributed by atoms with Crippen molar-refractivity contribution in [2.24, 2.45) is 5.92 Å². The van der Waals surface area contributed by atoms with Crippen LogP contribution in [0.25, 0.3) is 16.6 Å². The van der Waals surface area contributed by atoms with Crippen LogP contribution in [0.15, 0.2) is 65.7 Å². The molecular weight excluding hydrogens is 703 g/mol. The van der Waals surface area contributed by atoms with Crippen molar-refractivity contribution in [3.8, 4) is 17.2 Å². The van der Waals surface area contributed by atoms with E-state index in [-0.39, 0.29) is 35.4 Å². The van der Waals surface area contributed by atoms with Gasteiger partial charge in [-0.15, -0.1) is 0 Å². The average molecular weight is 753 g/mol. The Labute approximate surface area is 319 Å². The number of halogens is 1. The maximum atomic E-state index is 13.8. The van der Waals surface area contributed by atoms with Crippen LogP contribution in [0, 0.1) is 5.92 Å². The standard InChI is InChI=1S/C42H49FN6O6/c1-25(2)54-38-22-34-29(24-49(46-34)35-4-3-17-48(42(35)53)36-21-33(36)43)20-32(38)40(51)44-30-9-5-26(6-10-30)23-47-18-15-28(16-19-47)27-7-11-31(12-8-27)55-37-13-14-39(50)45-41(37)52/h3-4,7-8,11-12,17,20,22,24-26,28,30,33,36-37H,5-6,9-10,13-16,18-19,21,23H2,1-2H3,(H,44,51)(H,45,50,52)/t26?,30?,33-,36+,37?/m1/s1. The Morgan fingerprint density at radius 2 is 1.75 bits per heavy atom. The van der Waals surface area contributed by atoms with Gasteiger partial charge in [0.15, 0.2) is 6.10 Å². The molecule has 0 spiro atoms. The number of amides is 3. The Morgan fingerprint density at radius 3 is 2.44 bits per heavy atom. The van der Waals surface area contributed by atoms with Crippen LogP contribution in [0.5, 0.6) is 11.5 Å². The summed E-state index contributed by atoms with van der Waals surface area (Å²) in [5.74, 6) is 1.36. The second-order valence-corrected chi connectivity index (χ2v) is 16.0. The van der Waals surface area contributed by atoms with Crippen LogP contribution in [0.1, 0.15) is 99.5 Å². The fraction of sp³-hybridized carbons (Fsp3) is 0.500. The summed E-state index contributed by atoms with van der Waals surface area (Å²) >= 11 is 0. The first-order valence-electron chi connectivity index (χ1n) is 19.8. The van der Waals surface area contributed by atoms with Gasteiger partial charge in [-0.2, -0.15) is 5.10 Å². The minimum absolute atomic E-state index is 0.0753. The summed E-state index contributed by atoms with van der Waals surface area (Å²) in [5, 5.41) is 11.0. The number of alkyl halides is 1. The number of pyridine rings is 1. The third-order valence-corrected chi connectivity index (χ3v) is 11.6. The average Bonchev–Trinajstić information content (AvgIpc) is 3.75. The number of carbonyl (C=O) groups is 3. The van der Waals surface area contributed by atoms with E-state index in [1.165, 1.54) is 14.8 Å². The molecule has 290 valence electrons. The van der Waals surface area contributed by atoms with E-state index in [0.29, 0.717) is 64.8 Å². The van der Waals surface area contributed by atoms with E-state index in [4.69, 9.17) is 9.47 Å². The van der Waals surface area contributed by atoms with Gasteiger partial charge in [0.05, 0.1) is 23.2 Å². The molecule has 4 fully saturated rings. The van der Waals surface area contributed by atoms with Gasteiger partial charge >= 0.3 is 0 Å². The van der Waals surface area contributed by atoms with Gasteiger partial charge in [-0.3, -0.25) is 24.5 Å². The summed E-state index contributed by atoms with van der Waals surface area (Å²) in [6.45, 7) is 6.99. The summed E-state index contributed by atoms with van der Waals surface area (Å²) in [6, 6.07) is 14.6. The van der Waals surface area contributed by atoms with Gasteiger partial charge in [-0.05, 0) is 113 Å². The normalized spacial score (nSPS) is 24.8. The SMILES string of the molecule is CC(C)Oc1cc2nn(-c3cccn([C@H]4C[C@H]4F)c3=O)cc2cc1C(=O)NC1CCC(CN2CCC(c3ccc(OC4CCC(=O)NC4=O)cc3)CC2)CC1. The number of aromatic nitrogens is 3. The molecule has 2 saturated carbocycles. The summed E-state index contributed by atoms with van der Waals surface area (Å²) in [4.78, 5) is 53.0. The predicted octanol–water partition coefficient (Wildman–Crippen LogP) is 5.61. The highest BCUT2D eigenvalue weighted by molar-refractivity contribution is 6.01. The fourth-order valence-electron chi connectivity index (χ4n) is 8.41. The van der Waals surface area contributed by atoms with Gasteiger partial charge in [-0.25, -0.2) is 9.07 Å². The van der Waals surface area contributed by atoms with Crippen molar-refractivity contribution in [1.82, 2.24) is 29.9 Å². The van der Waals surface area contributed by atoms with Crippen molar-refractivity contribution in [2.45, 2.75) is 108 Å². The first kappa shape index (κ1) is 36.9. The number of nitrogens with zero attached hydrogens (tertiary/aromatic N) is 4. The highest BCUT2D eigenvalue weighted by Gasteiger charge is 2.40. The Bertz CT molecular complexity index is 2110. The topological polar surface area (TPSA) is 137 Å². The van der Waals surface area contributed by atoms with Crippen LogP contribution in [-0.4, -0.2) is 81.0 Å². The molecule has 2 aliphatic carbocycles. The number of likely N-dealkylation sites (tertiary alicyclic amines) is 1. The summed E-state index contributed by atoms with van der Waals surface area (Å²) in [7, 11) is 0.